The first-order valence-corrected chi connectivity index (χ1v) is 10.7. The Labute approximate surface area is 191 Å². The molecule has 0 radical (unpaired) electrons. The number of carbonyl (C=O) groups excluding carboxylic acids is 1. The second-order valence-corrected chi connectivity index (χ2v) is 8.18. The molecule has 1 aromatic heterocycles. The predicted molar refractivity (Wildman–Crippen MR) is 129 cm³/mol. The molecule has 32 heavy (non-hydrogen) atoms. The number of benzene rings is 3. The number of aryl methyl sites for hydroxylation is 1. The van der Waals surface area contributed by atoms with Gasteiger partial charge in [-0.2, -0.15) is 5.10 Å². The van der Waals surface area contributed by atoms with Gasteiger partial charge in [0.1, 0.15) is 11.4 Å². The number of anilines is 2. The molecule has 1 amide bonds. The smallest absolute Gasteiger partial charge is 0.261 e. The fourth-order valence-electron chi connectivity index (χ4n) is 3.78. The van der Waals surface area contributed by atoms with Crippen LogP contribution in [0.25, 0.3) is 5.70 Å². The van der Waals surface area contributed by atoms with Gasteiger partial charge in [0, 0.05) is 16.4 Å². The fourth-order valence-corrected chi connectivity index (χ4v) is 3.91. The SMILES string of the molecule is Cc1ccc(C2=C[C@H](c3ccc(Cl)cc3)n3ncc(C(=O)Nc4ccccc4)c3N2)cc1. The predicted octanol–water partition coefficient (Wildman–Crippen LogP) is 6.15. The Kier molecular flexibility index (Phi) is 5.25. The summed E-state index contributed by atoms with van der Waals surface area (Å²) >= 11 is 6.11. The molecule has 0 unspecified atom stereocenters. The summed E-state index contributed by atoms with van der Waals surface area (Å²) in [6.07, 6.45) is 3.72. The number of fused-ring (bicyclic) bond motifs is 1. The van der Waals surface area contributed by atoms with Gasteiger partial charge >= 0.3 is 0 Å². The van der Waals surface area contributed by atoms with E-state index in [1.165, 1.54) is 5.56 Å². The summed E-state index contributed by atoms with van der Waals surface area (Å²) in [5.74, 6) is 0.432. The molecule has 2 N–H and O–H groups in total. The standard InChI is InChI=1S/C26H21ClN4O/c1-17-7-9-18(10-8-17)23-15-24(19-11-13-20(27)14-12-19)31-25(30-23)22(16-28-31)26(32)29-21-5-3-2-4-6-21/h2-16,24,30H,1H3,(H,29,32)/t24-/m1/s1. The highest BCUT2D eigenvalue weighted by Gasteiger charge is 2.28. The van der Waals surface area contributed by atoms with Crippen LogP contribution in [0.1, 0.15) is 33.1 Å². The van der Waals surface area contributed by atoms with E-state index in [4.69, 9.17) is 11.6 Å². The third-order valence-corrected chi connectivity index (χ3v) is 5.74. The average molecular weight is 441 g/mol. The fraction of sp³-hybridized carbons (Fsp3) is 0.0769. The molecule has 3 aromatic carbocycles. The lowest BCUT2D eigenvalue weighted by molar-refractivity contribution is 0.102. The van der Waals surface area contributed by atoms with Gasteiger partial charge in [-0.3, -0.25) is 4.79 Å². The van der Waals surface area contributed by atoms with Crippen molar-refractivity contribution < 1.29 is 4.79 Å². The van der Waals surface area contributed by atoms with Crippen LogP contribution in [0.2, 0.25) is 5.02 Å². The van der Waals surface area contributed by atoms with Crippen LogP contribution >= 0.6 is 11.6 Å². The van der Waals surface area contributed by atoms with Crippen molar-refractivity contribution in [2.45, 2.75) is 13.0 Å². The van der Waals surface area contributed by atoms with Gasteiger partial charge in [-0.25, -0.2) is 4.68 Å². The van der Waals surface area contributed by atoms with Crippen LogP contribution in [-0.2, 0) is 0 Å². The minimum Gasteiger partial charge on any atom is -0.339 e. The van der Waals surface area contributed by atoms with Crippen LogP contribution < -0.4 is 10.6 Å². The van der Waals surface area contributed by atoms with E-state index in [2.05, 4.69) is 53.0 Å². The van der Waals surface area contributed by atoms with Gasteiger partial charge in [0.25, 0.3) is 5.91 Å². The van der Waals surface area contributed by atoms with E-state index >= 15 is 0 Å². The molecule has 1 aliphatic heterocycles. The summed E-state index contributed by atoms with van der Waals surface area (Å²) in [4.78, 5) is 13.1. The minimum atomic E-state index is -0.218. The molecule has 0 fully saturated rings. The molecule has 0 aliphatic carbocycles. The molecule has 0 saturated carbocycles. The Morgan fingerprint density at radius 2 is 1.72 bits per heavy atom. The van der Waals surface area contributed by atoms with Crippen LogP contribution in [0.5, 0.6) is 0 Å². The third kappa shape index (κ3) is 3.90. The number of hydrogen-bond donors (Lipinski definition) is 2. The van der Waals surface area contributed by atoms with E-state index < -0.39 is 0 Å². The average Bonchev–Trinajstić information content (AvgIpc) is 3.24. The number of halogens is 1. The number of allylic oxidation sites excluding steroid dienone is 1. The second kappa shape index (κ2) is 8.36. The van der Waals surface area contributed by atoms with Crippen molar-refractivity contribution in [3.8, 4) is 0 Å². The van der Waals surface area contributed by atoms with Gasteiger partial charge in [-0.05, 0) is 48.4 Å². The lowest BCUT2D eigenvalue weighted by Gasteiger charge is -2.26. The van der Waals surface area contributed by atoms with Gasteiger partial charge in [0.15, 0.2) is 0 Å². The van der Waals surface area contributed by atoms with Crippen molar-refractivity contribution in [1.82, 2.24) is 9.78 Å². The second-order valence-electron chi connectivity index (χ2n) is 7.74. The Hall–Kier alpha value is -3.83. The van der Waals surface area contributed by atoms with Gasteiger partial charge in [0.05, 0.1) is 12.2 Å². The lowest BCUT2D eigenvalue weighted by atomic mass is 10.0. The van der Waals surface area contributed by atoms with Crippen LogP contribution in [0.4, 0.5) is 11.5 Å². The first kappa shape index (κ1) is 20.1. The molecule has 5 nitrogen and oxygen atoms in total. The first-order valence-electron chi connectivity index (χ1n) is 10.3. The topological polar surface area (TPSA) is 59.0 Å². The van der Waals surface area contributed by atoms with E-state index in [-0.39, 0.29) is 11.9 Å². The molecule has 2 heterocycles. The minimum absolute atomic E-state index is 0.182. The van der Waals surface area contributed by atoms with E-state index in [9.17, 15) is 4.79 Å². The van der Waals surface area contributed by atoms with Gasteiger partial charge in [0.2, 0.25) is 0 Å². The molecule has 0 saturated heterocycles. The van der Waals surface area contributed by atoms with Gasteiger partial charge in [-0.15, -0.1) is 0 Å². The number of hydrogen-bond acceptors (Lipinski definition) is 3. The number of aromatic nitrogens is 2. The normalized spacial score (nSPS) is 14.8. The Balaban J connectivity index is 1.56. The molecule has 1 aliphatic rings. The molecule has 0 bridgehead atoms. The largest absolute Gasteiger partial charge is 0.339 e. The summed E-state index contributed by atoms with van der Waals surface area (Å²) in [5, 5.41) is 11.6. The van der Waals surface area contributed by atoms with Crippen molar-refractivity contribution in [2.24, 2.45) is 0 Å². The third-order valence-electron chi connectivity index (χ3n) is 5.49. The van der Waals surface area contributed by atoms with Gasteiger partial charge in [-0.1, -0.05) is 71.8 Å². The van der Waals surface area contributed by atoms with E-state index in [1.807, 2.05) is 59.3 Å². The molecular weight excluding hydrogens is 420 g/mol. The number of amides is 1. The molecule has 6 heteroatoms. The van der Waals surface area contributed by atoms with E-state index in [0.717, 1.165) is 22.5 Å². The number of nitrogens with one attached hydrogen (secondary N) is 2. The molecule has 5 rings (SSSR count). The summed E-state index contributed by atoms with van der Waals surface area (Å²) in [7, 11) is 0. The number of rotatable bonds is 4. The maximum absolute atomic E-state index is 13.1. The van der Waals surface area contributed by atoms with Crippen molar-refractivity contribution in [1.29, 1.82) is 0 Å². The Morgan fingerprint density at radius 1 is 1.00 bits per heavy atom. The first-order chi connectivity index (χ1) is 15.6. The van der Waals surface area contributed by atoms with Crippen molar-refractivity contribution in [3.05, 3.63) is 118 Å². The molecular formula is C26H21ClN4O. The van der Waals surface area contributed by atoms with Crippen molar-refractivity contribution in [3.63, 3.8) is 0 Å². The van der Waals surface area contributed by atoms with Crippen LogP contribution in [0, 0.1) is 6.92 Å². The number of carbonyl (C=O) groups is 1. The molecule has 1 atom stereocenters. The molecule has 158 valence electrons. The maximum Gasteiger partial charge on any atom is 0.261 e. The summed E-state index contributed by atoms with van der Waals surface area (Å²) in [6.45, 7) is 2.06. The van der Waals surface area contributed by atoms with Crippen LogP contribution in [-0.4, -0.2) is 15.7 Å². The number of para-hydroxylation sites is 1. The number of nitrogens with zero attached hydrogens (tertiary/aromatic N) is 2. The highest BCUT2D eigenvalue weighted by Crippen LogP contribution is 2.35. The Bertz CT molecular complexity index is 1290. The quantitative estimate of drug-likeness (QED) is 0.400. The zero-order valence-corrected chi connectivity index (χ0v) is 18.2. The summed E-state index contributed by atoms with van der Waals surface area (Å²) in [5.41, 5.74) is 5.39. The van der Waals surface area contributed by atoms with Crippen LogP contribution in [0.3, 0.4) is 0 Å². The lowest BCUT2D eigenvalue weighted by Crippen LogP contribution is -2.22. The van der Waals surface area contributed by atoms with Crippen LogP contribution in [0.15, 0.2) is 91.1 Å². The van der Waals surface area contributed by atoms with Crippen molar-refractivity contribution >= 4 is 34.7 Å². The zero-order valence-electron chi connectivity index (χ0n) is 17.4. The summed E-state index contributed by atoms with van der Waals surface area (Å²) in [6, 6.07) is 25.2. The summed E-state index contributed by atoms with van der Waals surface area (Å²) < 4.78 is 1.83. The molecule has 0 spiro atoms. The Morgan fingerprint density at radius 3 is 2.44 bits per heavy atom. The van der Waals surface area contributed by atoms with E-state index in [1.54, 1.807) is 6.20 Å². The zero-order chi connectivity index (χ0) is 22.1. The molecule has 4 aromatic rings. The highest BCUT2D eigenvalue weighted by atomic mass is 35.5. The monoisotopic (exact) mass is 440 g/mol. The highest BCUT2D eigenvalue weighted by molar-refractivity contribution is 6.30. The van der Waals surface area contributed by atoms with Crippen molar-refractivity contribution in [2.75, 3.05) is 10.6 Å². The van der Waals surface area contributed by atoms with Gasteiger partial charge < -0.3 is 10.6 Å². The van der Waals surface area contributed by atoms with E-state index in [0.29, 0.717) is 16.4 Å². The maximum atomic E-state index is 13.1.